The van der Waals surface area contributed by atoms with Crippen molar-refractivity contribution in [1.82, 2.24) is 5.32 Å². The molecule has 0 spiro atoms. The molecule has 2 aliphatic rings. The van der Waals surface area contributed by atoms with E-state index in [2.05, 4.69) is 42.3 Å². The second-order valence-corrected chi connectivity index (χ2v) is 6.10. The van der Waals surface area contributed by atoms with E-state index in [1.807, 2.05) is 0 Å². The number of fused-ring (bicyclic) bond motifs is 1. The van der Waals surface area contributed by atoms with E-state index in [-0.39, 0.29) is 0 Å². The highest BCUT2D eigenvalue weighted by atomic mass is 32.2. The van der Waals surface area contributed by atoms with Gasteiger partial charge in [-0.2, -0.15) is 11.8 Å². The van der Waals surface area contributed by atoms with E-state index >= 15 is 0 Å². The minimum Gasteiger partial charge on any atom is -0.493 e. The molecule has 1 aromatic carbocycles. The van der Waals surface area contributed by atoms with E-state index in [0.717, 1.165) is 18.8 Å². The van der Waals surface area contributed by atoms with Crippen LogP contribution >= 0.6 is 11.8 Å². The summed E-state index contributed by atoms with van der Waals surface area (Å²) < 4.78 is 5.82. The summed E-state index contributed by atoms with van der Waals surface area (Å²) >= 11 is 2.10. The largest absolute Gasteiger partial charge is 0.493 e. The van der Waals surface area contributed by atoms with Crippen molar-refractivity contribution in [1.29, 1.82) is 0 Å². The van der Waals surface area contributed by atoms with Crippen LogP contribution in [0.4, 0.5) is 0 Å². The van der Waals surface area contributed by atoms with Crippen LogP contribution in [0.3, 0.4) is 0 Å². The number of rotatable bonds is 3. The molecular formula is C14H19NOS. The summed E-state index contributed by atoms with van der Waals surface area (Å²) in [6.07, 6.45) is 3.74. The third-order valence-electron chi connectivity index (χ3n) is 3.73. The first-order chi connectivity index (χ1) is 8.40. The predicted molar refractivity (Wildman–Crippen MR) is 72.9 cm³/mol. The van der Waals surface area contributed by atoms with Crippen LogP contribution in [-0.4, -0.2) is 24.7 Å². The first-order valence-corrected chi connectivity index (χ1v) is 7.48. The van der Waals surface area contributed by atoms with Crippen molar-refractivity contribution in [2.24, 2.45) is 0 Å². The molecule has 0 bridgehead atoms. The van der Waals surface area contributed by atoms with Gasteiger partial charge in [0.05, 0.1) is 6.61 Å². The van der Waals surface area contributed by atoms with Gasteiger partial charge in [0, 0.05) is 23.3 Å². The second kappa shape index (κ2) is 4.91. The monoisotopic (exact) mass is 249 g/mol. The molecule has 2 heterocycles. The molecule has 2 atom stereocenters. The van der Waals surface area contributed by atoms with Gasteiger partial charge in [0.15, 0.2) is 0 Å². The van der Waals surface area contributed by atoms with Crippen LogP contribution in [0.1, 0.15) is 30.0 Å². The maximum Gasteiger partial charge on any atom is 0.127 e. The van der Waals surface area contributed by atoms with Gasteiger partial charge in [-0.05, 0) is 31.2 Å². The Kier molecular flexibility index (Phi) is 3.30. The number of hydrogen-bond donors (Lipinski definition) is 1. The highest BCUT2D eigenvalue weighted by Gasteiger charge is 2.29. The molecule has 92 valence electrons. The first-order valence-electron chi connectivity index (χ1n) is 6.43. The third-order valence-corrected chi connectivity index (χ3v) is 5.19. The maximum absolute atomic E-state index is 5.82. The summed E-state index contributed by atoms with van der Waals surface area (Å²) in [7, 11) is 2.07. The van der Waals surface area contributed by atoms with Crippen molar-refractivity contribution in [2.45, 2.75) is 30.6 Å². The average Bonchev–Trinajstić information content (AvgIpc) is 3.00. The number of nitrogens with one attached hydrogen (secondary N) is 1. The first kappa shape index (κ1) is 11.4. The molecule has 3 rings (SSSR count). The maximum atomic E-state index is 5.82. The molecule has 0 saturated carbocycles. The normalized spacial score (nSPS) is 24.4. The number of para-hydroxylation sites is 1. The molecule has 0 aromatic heterocycles. The van der Waals surface area contributed by atoms with Gasteiger partial charge in [-0.25, -0.2) is 0 Å². The van der Waals surface area contributed by atoms with Gasteiger partial charge in [0.25, 0.3) is 0 Å². The molecule has 2 nitrogen and oxygen atoms in total. The van der Waals surface area contributed by atoms with Crippen LogP contribution in [0, 0.1) is 0 Å². The molecule has 0 radical (unpaired) electrons. The molecule has 1 fully saturated rings. The van der Waals surface area contributed by atoms with E-state index in [4.69, 9.17) is 4.74 Å². The zero-order valence-electron chi connectivity index (χ0n) is 10.2. The van der Waals surface area contributed by atoms with Gasteiger partial charge in [0.1, 0.15) is 5.75 Å². The van der Waals surface area contributed by atoms with E-state index < -0.39 is 0 Å². The topological polar surface area (TPSA) is 21.3 Å². The van der Waals surface area contributed by atoms with Crippen molar-refractivity contribution in [3.05, 3.63) is 29.3 Å². The zero-order chi connectivity index (χ0) is 11.7. The molecule has 1 saturated heterocycles. The Morgan fingerprint density at radius 3 is 3.18 bits per heavy atom. The fraction of sp³-hybridized carbons (Fsp3) is 0.571. The van der Waals surface area contributed by atoms with Gasteiger partial charge < -0.3 is 10.1 Å². The quantitative estimate of drug-likeness (QED) is 0.890. The third kappa shape index (κ3) is 2.06. The van der Waals surface area contributed by atoms with Crippen molar-refractivity contribution in [3.8, 4) is 5.75 Å². The Hall–Kier alpha value is -0.670. The lowest BCUT2D eigenvalue weighted by atomic mass is 9.97. The SMILES string of the molecule is CNC(c1cccc2c1OCC2)C1CCCS1. The average molecular weight is 249 g/mol. The van der Waals surface area contributed by atoms with Crippen LogP contribution < -0.4 is 10.1 Å². The molecule has 3 heteroatoms. The van der Waals surface area contributed by atoms with Crippen molar-refractivity contribution < 1.29 is 4.74 Å². The molecule has 0 aliphatic carbocycles. The summed E-state index contributed by atoms with van der Waals surface area (Å²) in [6, 6.07) is 7.03. The van der Waals surface area contributed by atoms with Gasteiger partial charge in [0.2, 0.25) is 0 Å². The standard InChI is InChI=1S/C14H19NOS/c1-15-13(12-6-3-9-17-12)11-5-2-4-10-7-8-16-14(10)11/h2,4-5,12-13,15H,3,6-9H2,1H3. The highest BCUT2D eigenvalue weighted by Crippen LogP contribution is 2.41. The Morgan fingerprint density at radius 2 is 2.41 bits per heavy atom. The van der Waals surface area contributed by atoms with Gasteiger partial charge in [-0.15, -0.1) is 0 Å². The lowest BCUT2D eigenvalue weighted by molar-refractivity contribution is 0.348. The fourth-order valence-electron chi connectivity index (χ4n) is 2.89. The minimum atomic E-state index is 0.440. The molecule has 2 unspecified atom stereocenters. The summed E-state index contributed by atoms with van der Waals surface area (Å²) in [5, 5.41) is 4.19. The van der Waals surface area contributed by atoms with Crippen LogP contribution in [0.5, 0.6) is 5.75 Å². The second-order valence-electron chi connectivity index (χ2n) is 4.75. The molecule has 1 aromatic rings. The molecule has 17 heavy (non-hydrogen) atoms. The van der Waals surface area contributed by atoms with Gasteiger partial charge >= 0.3 is 0 Å². The highest BCUT2D eigenvalue weighted by molar-refractivity contribution is 8.00. The molecule has 2 aliphatic heterocycles. The van der Waals surface area contributed by atoms with Crippen molar-refractivity contribution >= 4 is 11.8 Å². The van der Waals surface area contributed by atoms with E-state index in [1.165, 1.54) is 29.7 Å². The zero-order valence-corrected chi connectivity index (χ0v) is 11.1. The number of ether oxygens (including phenoxy) is 1. The number of thioether (sulfide) groups is 1. The Balaban J connectivity index is 1.93. The fourth-order valence-corrected chi connectivity index (χ4v) is 4.34. The summed E-state index contributed by atoms with van der Waals surface area (Å²) in [6.45, 7) is 0.848. The Morgan fingerprint density at radius 1 is 1.47 bits per heavy atom. The lowest BCUT2D eigenvalue weighted by Gasteiger charge is -2.24. The number of hydrogen-bond acceptors (Lipinski definition) is 3. The van der Waals surface area contributed by atoms with Crippen LogP contribution in [0.25, 0.3) is 0 Å². The molecular weight excluding hydrogens is 230 g/mol. The van der Waals surface area contributed by atoms with Crippen LogP contribution in [0.15, 0.2) is 18.2 Å². The van der Waals surface area contributed by atoms with Crippen LogP contribution in [-0.2, 0) is 6.42 Å². The summed E-state index contributed by atoms with van der Waals surface area (Å²) in [5.41, 5.74) is 2.74. The minimum absolute atomic E-state index is 0.440. The summed E-state index contributed by atoms with van der Waals surface area (Å²) in [4.78, 5) is 0. The smallest absolute Gasteiger partial charge is 0.127 e. The number of benzene rings is 1. The predicted octanol–water partition coefficient (Wildman–Crippen LogP) is 2.78. The van der Waals surface area contributed by atoms with Crippen molar-refractivity contribution in [3.63, 3.8) is 0 Å². The van der Waals surface area contributed by atoms with Gasteiger partial charge in [-0.3, -0.25) is 0 Å². The van der Waals surface area contributed by atoms with Crippen molar-refractivity contribution in [2.75, 3.05) is 19.4 Å². The van der Waals surface area contributed by atoms with E-state index in [9.17, 15) is 0 Å². The molecule has 0 amide bonds. The van der Waals surface area contributed by atoms with Gasteiger partial charge in [-0.1, -0.05) is 18.2 Å². The molecule has 1 N–H and O–H groups in total. The Labute approximate surface area is 107 Å². The Bertz CT molecular complexity index is 401. The van der Waals surface area contributed by atoms with E-state index in [0.29, 0.717) is 11.3 Å². The van der Waals surface area contributed by atoms with Crippen LogP contribution in [0.2, 0.25) is 0 Å². The lowest BCUT2D eigenvalue weighted by Crippen LogP contribution is -2.26. The van der Waals surface area contributed by atoms with E-state index in [1.54, 1.807) is 0 Å². The summed E-state index contributed by atoms with van der Waals surface area (Å²) in [5.74, 6) is 2.46.